The molecule has 1 aromatic heterocycles. The summed E-state index contributed by atoms with van der Waals surface area (Å²) in [7, 11) is 0. The van der Waals surface area contributed by atoms with Crippen LogP contribution in [-0.2, 0) is 0 Å². The fourth-order valence-corrected chi connectivity index (χ4v) is 2.10. The Balaban J connectivity index is 2.43. The van der Waals surface area contributed by atoms with Gasteiger partial charge < -0.3 is 9.72 Å². The van der Waals surface area contributed by atoms with Gasteiger partial charge in [0.1, 0.15) is 5.75 Å². The molecule has 0 saturated heterocycles. The molecule has 0 atom stereocenters. The van der Waals surface area contributed by atoms with E-state index in [1.165, 1.54) is 12.4 Å². The first kappa shape index (κ1) is 13.7. The lowest BCUT2D eigenvalue weighted by Gasteiger charge is -2.08. The second kappa shape index (κ2) is 5.48. The molecule has 0 bridgehead atoms. The van der Waals surface area contributed by atoms with Crippen LogP contribution in [0.1, 0.15) is 0 Å². The molecule has 0 radical (unpaired) electrons. The minimum atomic E-state index is -0.499. The van der Waals surface area contributed by atoms with Gasteiger partial charge in [0.15, 0.2) is 5.02 Å². The average molecular weight is 370 g/mol. The molecule has 0 aliphatic carbocycles. The third kappa shape index (κ3) is 2.80. The minimum Gasteiger partial charge on any atom is -0.436 e. The largest absolute Gasteiger partial charge is 0.436 e. The number of aromatic amines is 1. The normalized spacial score (nSPS) is 10.4. The van der Waals surface area contributed by atoms with E-state index in [-0.39, 0.29) is 16.7 Å². The van der Waals surface area contributed by atoms with Gasteiger partial charge in [-0.05, 0) is 22.0 Å². The van der Waals surface area contributed by atoms with Gasteiger partial charge in [-0.3, -0.25) is 4.79 Å². The zero-order valence-electron chi connectivity index (χ0n) is 8.51. The Kier molecular flexibility index (Phi) is 4.17. The maximum Gasteiger partial charge on any atom is 0.273 e. The summed E-state index contributed by atoms with van der Waals surface area (Å²) < 4.78 is 5.99. The van der Waals surface area contributed by atoms with Crippen molar-refractivity contribution >= 4 is 50.7 Å². The van der Waals surface area contributed by atoms with Crippen LogP contribution in [0, 0.1) is 0 Å². The Morgan fingerprint density at radius 3 is 2.67 bits per heavy atom. The molecular formula is C10H4BrCl3N2O2. The Morgan fingerprint density at radius 2 is 1.94 bits per heavy atom. The van der Waals surface area contributed by atoms with Crippen molar-refractivity contribution in [3.63, 3.8) is 0 Å². The van der Waals surface area contributed by atoms with E-state index in [1.807, 2.05) is 0 Å². The molecular weight excluding hydrogens is 366 g/mol. The first-order valence-electron chi connectivity index (χ1n) is 4.54. The predicted molar refractivity (Wildman–Crippen MR) is 74.1 cm³/mol. The van der Waals surface area contributed by atoms with E-state index in [2.05, 4.69) is 25.9 Å². The number of nitrogens with zero attached hydrogens (tertiary/aromatic N) is 1. The van der Waals surface area contributed by atoms with Crippen molar-refractivity contribution in [1.82, 2.24) is 9.97 Å². The number of halogens is 4. The first-order chi connectivity index (χ1) is 8.49. The predicted octanol–water partition coefficient (Wildman–Crippen LogP) is 4.28. The van der Waals surface area contributed by atoms with E-state index in [0.29, 0.717) is 14.5 Å². The molecule has 0 amide bonds. The summed E-state index contributed by atoms with van der Waals surface area (Å²) in [5.74, 6) is 0.213. The van der Waals surface area contributed by atoms with Crippen molar-refractivity contribution in [2.75, 3.05) is 0 Å². The second-order valence-corrected chi connectivity index (χ2v) is 5.20. The SMILES string of the molecule is O=c1[nH]cnc(Oc2cc(Cl)c(Br)cc2Cl)c1Cl. The Labute approximate surface area is 125 Å². The van der Waals surface area contributed by atoms with E-state index in [9.17, 15) is 4.79 Å². The third-order valence-electron chi connectivity index (χ3n) is 1.95. The quantitative estimate of drug-likeness (QED) is 0.803. The van der Waals surface area contributed by atoms with Crippen molar-refractivity contribution in [3.8, 4) is 11.6 Å². The minimum absolute atomic E-state index is 0.0410. The van der Waals surface area contributed by atoms with Crippen LogP contribution < -0.4 is 10.3 Å². The Bertz CT molecular complexity index is 660. The van der Waals surface area contributed by atoms with Gasteiger partial charge >= 0.3 is 0 Å². The van der Waals surface area contributed by atoms with Crippen LogP contribution in [0.4, 0.5) is 0 Å². The van der Waals surface area contributed by atoms with Crippen LogP contribution in [0.5, 0.6) is 11.6 Å². The monoisotopic (exact) mass is 368 g/mol. The van der Waals surface area contributed by atoms with E-state index in [1.54, 1.807) is 6.07 Å². The lowest BCUT2D eigenvalue weighted by Crippen LogP contribution is -2.07. The molecule has 18 heavy (non-hydrogen) atoms. The highest BCUT2D eigenvalue weighted by molar-refractivity contribution is 9.10. The molecule has 2 aromatic rings. The fraction of sp³-hybridized carbons (Fsp3) is 0. The summed E-state index contributed by atoms with van der Waals surface area (Å²) in [6, 6.07) is 3.06. The Morgan fingerprint density at radius 1 is 1.22 bits per heavy atom. The zero-order valence-corrected chi connectivity index (χ0v) is 12.4. The van der Waals surface area contributed by atoms with Crippen LogP contribution in [-0.4, -0.2) is 9.97 Å². The number of nitrogens with one attached hydrogen (secondary N) is 1. The molecule has 8 heteroatoms. The molecule has 1 heterocycles. The van der Waals surface area contributed by atoms with Gasteiger partial charge in [-0.25, -0.2) is 4.98 Å². The van der Waals surface area contributed by atoms with Crippen molar-refractivity contribution in [1.29, 1.82) is 0 Å². The number of ether oxygens (including phenoxy) is 1. The van der Waals surface area contributed by atoms with Gasteiger partial charge in [0.05, 0.1) is 16.4 Å². The maximum absolute atomic E-state index is 11.3. The summed E-state index contributed by atoms with van der Waals surface area (Å²) in [5, 5.41) is 0.562. The Hall–Kier alpha value is -0.750. The van der Waals surface area contributed by atoms with Gasteiger partial charge in [0.25, 0.3) is 5.56 Å². The molecule has 0 spiro atoms. The van der Waals surface area contributed by atoms with E-state index < -0.39 is 5.56 Å². The maximum atomic E-state index is 11.3. The van der Waals surface area contributed by atoms with Gasteiger partial charge in [0.2, 0.25) is 5.88 Å². The number of rotatable bonds is 2. The third-order valence-corrected chi connectivity index (χ3v) is 3.77. The molecule has 0 fully saturated rings. The van der Waals surface area contributed by atoms with Gasteiger partial charge in [-0.2, -0.15) is 0 Å². The summed E-state index contributed by atoms with van der Waals surface area (Å²) in [5.41, 5.74) is -0.499. The molecule has 1 N–H and O–H groups in total. The molecule has 2 rings (SSSR count). The first-order valence-corrected chi connectivity index (χ1v) is 6.47. The molecule has 0 aliphatic heterocycles. The zero-order chi connectivity index (χ0) is 13.3. The van der Waals surface area contributed by atoms with Crippen LogP contribution in [0.3, 0.4) is 0 Å². The van der Waals surface area contributed by atoms with Crippen LogP contribution in [0.2, 0.25) is 15.1 Å². The highest BCUT2D eigenvalue weighted by atomic mass is 79.9. The van der Waals surface area contributed by atoms with E-state index >= 15 is 0 Å². The number of benzene rings is 1. The summed E-state index contributed by atoms with van der Waals surface area (Å²) >= 11 is 20.9. The lowest BCUT2D eigenvalue weighted by molar-refractivity contribution is 0.461. The van der Waals surface area contributed by atoms with E-state index in [4.69, 9.17) is 39.5 Å². The lowest BCUT2D eigenvalue weighted by atomic mass is 10.3. The molecule has 0 saturated carbocycles. The molecule has 4 nitrogen and oxygen atoms in total. The smallest absolute Gasteiger partial charge is 0.273 e. The highest BCUT2D eigenvalue weighted by Crippen LogP contribution is 2.36. The fourth-order valence-electron chi connectivity index (χ4n) is 1.12. The van der Waals surface area contributed by atoms with Crippen molar-refractivity contribution in [3.05, 3.63) is 48.4 Å². The molecule has 0 unspecified atom stereocenters. The van der Waals surface area contributed by atoms with Gasteiger partial charge in [0, 0.05) is 10.5 Å². The highest BCUT2D eigenvalue weighted by Gasteiger charge is 2.12. The van der Waals surface area contributed by atoms with E-state index in [0.717, 1.165) is 0 Å². The molecule has 0 aliphatic rings. The van der Waals surface area contributed by atoms with Crippen LogP contribution in [0.25, 0.3) is 0 Å². The van der Waals surface area contributed by atoms with Gasteiger partial charge in [-0.15, -0.1) is 0 Å². The molecule has 1 aromatic carbocycles. The number of aromatic nitrogens is 2. The number of H-pyrrole nitrogens is 1. The second-order valence-electron chi connectivity index (χ2n) is 3.15. The summed E-state index contributed by atoms with van der Waals surface area (Å²) in [6.45, 7) is 0. The topological polar surface area (TPSA) is 55.0 Å². The van der Waals surface area contributed by atoms with Crippen molar-refractivity contribution in [2.24, 2.45) is 0 Å². The number of hydrogen-bond donors (Lipinski definition) is 1. The van der Waals surface area contributed by atoms with Crippen molar-refractivity contribution in [2.45, 2.75) is 0 Å². The summed E-state index contributed by atoms with van der Waals surface area (Å²) in [4.78, 5) is 17.4. The van der Waals surface area contributed by atoms with Crippen LogP contribution >= 0.6 is 50.7 Å². The number of hydrogen-bond acceptors (Lipinski definition) is 3. The summed E-state index contributed by atoms with van der Waals surface area (Å²) in [6.07, 6.45) is 1.18. The standard InChI is InChI=1S/C10H4BrCl3N2O2/c11-4-1-6(13)7(2-5(4)12)18-10-8(14)9(17)15-3-16-10/h1-3H,(H,15,16,17). The van der Waals surface area contributed by atoms with Crippen LogP contribution in [0.15, 0.2) is 27.7 Å². The average Bonchev–Trinajstić information content (AvgIpc) is 2.32. The molecule has 94 valence electrons. The van der Waals surface area contributed by atoms with Gasteiger partial charge in [-0.1, -0.05) is 34.8 Å². The van der Waals surface area contributed by atoms with Crippen molar-refractivity contribution < 1.29 is 4.74 Å².